The van der Waals surface area contributed by atoms with Crippen LogP contribution in [-0.2, 0) is 4.79 Å². The summed E-state index contributed by atoms with van der Waals surface area (Å²) in [5.41, 5.74) is 0. The molecule has 3 aliphatic rings. The Morgan fingerprint density at radius 3 is 2.56 bits per heavy atom. The maximum atomic E-state index is 12.4. The Morgan fingerprint density at radius 1 is 1.11 bits per heavy atom. The highest BCUT2D eigenvalue weighted by molar-refractivity contribution is 5.82. The number of rotatable bonds is 1. The maximum Gasteiger partial charge on any atom is 0.239 e. The number of likely N-dealkylation sites (tertiary alicyclic amines) is 1. The minimum absolute atomic E-state index is 0.0494. The second kappa shape index (κ2) is 5.17. The smallest absolute Gasteiger partial charge is 0.239 e. The van der Waals surface area contributed by atoms with Gasteiger partial charge in [0.1, 0.15) is 0 Å². The van der Waals surface area contributed by atoms with Gasteiger partial charge < -0.3 is 15.3 Å². The fraction of sp³-hybridized carbons (Fsp3) is 0.929. The fourth-order valence-electron chi connectivity index (χ4n) is 3.82. The number of piperidine rings is 1. The first-order chi connectivity index (χ1) is 8.74. The lowest BCUT2D eigenvalue weighted by atomic mass is 9.85. The first-order valence-corrected chi connectivity index (χ1v) is 7.47. The normalized spacial score (nSPS) is 37.6. The number of aliphatic hydroxyl groups excluding tert-OH is 1. The van der Waals surface area contributed by atoms with Gasteiger partial charge in [-0.3, -0.25) is 4.79 Å². The van der Waals surface area contributed by atoms with Crippen LogP contribution in [0.15, 0.2) is 0 Å². The Hall–Kier alpha value is -0.610. The summed E-state index contributed by atoms with van der Waals surface area (Å²) in [6.07, 6.45) is 7.49. The van der Waals surface area contributed by atoms with Crippen LogP contribution >= 0.6 is 0 Å². The number of hydrogen-bond donors (Lipinski definition) is 2. The van der Waals surface area contributed by atoms with Crippen molar-refractivity contribution in [1.82, 2.24) is 10.2 Å². The van der Waals surface area contributed by atoms with E-state index in [0.717, 1.165) is 38.3 Å². The van der Waals surface area contributed by atoms with E-state index in [1.165, 1.54) is 25.7 Å². The molecule has 2 saturated heterocycles. The Morgan fingerprint density at radius 2 is 1.83 bits per heavy atom. The summed E-state index contributed by atoms with van der Waals surface area (Å²) in [5, 5.41) is 13.0. The number of carbonyl (C=O) groups is 1. The molecule has 0 radical (unpaired) electrons. The molecule has 1 amide bonds. The first-order valence-electron chi connectivity index (χ1n) is 7.47. The monoisotopic (exact) mass is 252 g/mol. The third-order valence-corrected chi connectivity index (χ3v) is 4.94. The molecule has 4 nitrogen and oxygen atoms in total. The van der Waals surface area contributed by atoms with Gasteiger partial charge in [-0.15, -0.1) is 0 Å². The predicted octanol–water partition coefficient (Wildman–Crippen LogP) is 0.890. The van der Waals surface area contributed by atoms with Crippen molar-refractivity contribution in [3.63, 3.8) is 0 Å². The minimum atomic E-state index is -0.201. The van der Waals surface area contributed by atoms with Crippen LogP contribution in [0.3, 0.4) is 0 Å². The second-order valence-electron chi connectivity index (χ2n) is 6.16. The van der Waals surface area contributed by atoms with Crippen LogP contribution < -0.4 is 5.32 Å². The molecule has 2 heterocycles. The molecule has 1 aliphatic carbocycles. The highest BCUT2D eigenvalue weighted by Gasteiger charge is 2.40. The van der Waals surface area contributed by atoms with Crippen LogP contribution in [0.2, 0.25) is 0 Å². The minimum Gasteiger partial charge on any atom is -0.393 e. The molecule has 4 heteroatoms. The number of aliphatic hydroxyl groups is 1. The third kappa shape index (κ3) is 2.41. The van der Waals surface area contributed by atoms with E-state index in [0.29, 0.717) is 6.04 Å². The van der Waals surface area contributed by atoms with E-state index >= 15 is 0 Å². The maximum absolute atomic E-state index is 12.4. The van der Waals surface area contributed by atoms with E-state index in [4.69, 9.17) is 0 Å². The molecule has 0 aromatic rings. The lowest BCUT2D eigenvalue weighted by Crippen LogP contribution is -2.48. The Balaban J connectivity index is 1.57. The number of carbonyl (C=O) groups excluding carboxylic acids is 1. The average Bonchev–Trinajstić information content (AvgIpc) is 2.82. The lowest BCUT2D eigenvalue weighted by Gasteiger charge is -2.31. The summed E-state index contributed by atoms with van der Waals surface area (Å²) in [5.74, 6) is 0.999. The van der Waals surface area contributed by atoms with E-state index in [1.807, 2.05) is 4.90 Å². The number of hydrogen-bond acceptors (Lipinski definition) is 3. The van der Waals surface area contributed by atoms with Gasteiger partial charge in [0.2, 0.25) is 5.91 Å². The van der Waals surface area contributed by atoms with Gasteiger partial charge in [0.25, 0.3) is 0 Å². The van der Waals surface area contributed by atoms with Gasteiger partial charge in [0.15, 0.2) is 0 Å². The molecule has 2 aliphatic heterocycles. The zero-order valence-electron chi connectivity index (χ0n) is 11.0. The largest absolute Gasteiger partial charge is 0.393 e. The van der Waals surface area contributed by atoms with Crippen molar-refractivity contribution in [2.45, 2.75) is 63.1 Å². The highest BCUT2D eigenvalue weighted by atomic mass is 16.3. The molecule has 2 N–H and O–H groups in total. The van der Waals surface area contributed by atoms with Gasteiger partial charge in [-0.2, -0.15) is 0 Å². The van der Waals surface area contributed by atoms with Gasteiger partial charge in [-0.1, -0.05) is 12.8 Å². The molecule has 1 saturated carbocycles. The quantitative estimate of drug-likeness (QED) is 0.729. The molecule has 0 bridgehead atoms. The third-order valence-electron chi connectivity index (χ3n) is 4.94. The summed E-state index contributed by atoms with van der Waals surface area (Å²) in [4.78, 5) is 14.4. The zero-order valence-corrected chi connectivity index (χ0v) is 11.0. The lowest BCUT2D eigenvalue weighted by molar-refractivity contribution is -0.135. The van der Waals surface area contributed by atoms with Crippen molar-refractivity contribution in [2.75, 3.05) is 13.1 Å². The average molecular weight is 252 g/mol. The predicted molar refractivity (Wildman–Crippen MR) is 69.1 cm³/mol. The van der Waals surface area contributed by atoms with Crippen molar-refractivity contribution < 1.29 is 9.90 Å². The molecular weight excluding hydrogens is 228 g/mol. The second-order valence-corrected chi connectivity index (χ2v) is 6.16. The van der Waals surface area contributed by atoms with Crippen molar-refractivity contribution in [3.05, 3.63) is 0 Å². The van der Waals surface area contributed by atoms with Crippen LogP contribution in [0.4, 0.5) is 0 Å². The summed E-state index contributed by atoms with van der Waals surface area (Å²) >= 11 is 0. The highest BCUT2D eigenvalue weighted by Crippen LogP contribution is 2.33. The van der Waals surface area contributed by atoms with Gasteiger partial charge in [-0.05, 0) is 38.0 Å². The van der Waals surface area contributed by atoms with Crippen molar-refractivity contribution >= 4 is 5.91 Å². The van der Waals surface area contributed by atoms with Crippen LogP contribution in [-0.4, -0.2) is 47.2 Å². The van der Waals surface area contributed by atoms with Crippen LogP contribution in [0.1, 0.15) is 44.9 Å². The topological polar surface area (TPSA) is 52.6 Å². The van der Waals surface area contributed by atoms with Gasteiger partial charge in [0, 0.05) is 19.1 Å². The molecule has 0 spiro atoms. The molecule has 0 aromatic carbocycles. The molecule has 3 atom stereocenters. The van der Waals surface area contributed by atoms with E-state index in [-0.39, 0.29) is 18.1 Å². The molecule has 3 rings (SSSR count). The molecule has 102 valence electrons. The molecular formula is C14H24N2O2. The molecule has 3 fully saturated rings. The van der Waals surface area contributed by atoms with Gasteiger partial charge in [-0.25, -0.2) is 0 Å². The fourth-order valence-corrected chi connectivity index (χ4v) is 3.82. The van der Waals surface area contributed by atoms with Crippen molar-refractivity contribution in [1.29, 1.82) is 0 Å². The van der Waals surface area contributed by atoms with E-state index < -0.39 is 0 Å². The molecule has 3 unspecified atom stereocenters. The van der Waals surface area contributed by atoms with Gasteiger partial charge >= 0.3 is 0 Å². The summed E-state index contributed by atoms with van der Waals surface area (Å²) in [7, 11) is 0. The number of nitrogens with zero attached hydrogens (tertiary/aromatic N) is 1. The van der Waals surface area contributed by atoms with E-state index in [2.05, 4.69) is 5.32 Å². The Bertz CT molecular complexity index is 299. The Kier molecular flexibility index (Phi) is 3.57. The van der Waals surface area contributed by atoms with Crippen molar-refractivity contribution in [2.24, 2.45) is 5.92 Å². The number of amides is 1. The SMILES string of the molecule is O=C(C1CC2CCCCC2N1)N1CCC(O)CC1. The van der Waals surface area contributed by atoms with Gasteiger partial charge in [0.05, 0.1) is 12.1 Å². The van der Waals surface area contributed by atoms with Crippen LogP contribution in [0, 0.1) is 5.92 Å². The number of nitrogens with one attached hydrogen (secondary N) is 1. The standard InChI is InChI=1S/C14H24N2O2/c17-11-5-7-16(8-6-11)14(18)13-9-10-3-1-2-4-12(10)15-13/h10-13,15,17H,1-9H2. The van der Waals surface area contributed by atoms with Crippen LogP contribution in [0.5, 0.6) is 0 Å². The Labute approximate surface area is 109 Å². The van der Waals surface area contributed by atoms with Crippen molar-refractivity contribution in [3.8, 4) is 0 Å². The number of fused-ring (bicyclic) bond motifs is 1. The summed E-state index contributed by atoms with van der Waals surface area (Å²) < 4.78 is 0. The van der Waals surface area contributed by atoms with E-state index in [1.54, 1.807) is 0 Å². The molecule has 0 aromatic heterocycles. The van der Waals surface area contributed by atoms with E-state index in [9.17, 15) is 9.90 Å². The summed E-state index contributed by atoms with van der Waals surface area (Å²) in [6.45, 7) is 1.46. The summed E-state index contributed by atoms with van der Waals surface area (Å²) in [6, 6.07) is 0.636. The van der Waals surface area contributed by atoms with Crippen LogP contribution in [0.25, 0.3) is 0 Å². The first kappa shape index (κ1) is 12.4. The molecule has 18 heavy (non-hydrogen) atoms. The zero-order chi connectivity index (χ0) is 12.5.